The van der Waals surface area contributed by atoms with Gasteiger partial charge in [0.25, 0.3) is 5.91 Å². The van der Waals surface area contributed by atoms with Crippen molar-refractivity contribution < 1.29 is 9.36 Å². The first-order valence-electron chi connectivity index (χ1n) is 7.25. The smallest absolute Gasteiger partial charge is 0.251 e. The van der Waals surface area contributed by atoms with Gasteiger partial charge in [0.2, 0.25) is 0 Å². The van der Waals surface area contributed by atoms with Crippen LogP contribution in [0, 0.1) is 3.70 Å². The molecule has 0 spiro atoms. The van der Waals surface area contributed by atoms with E-state index in [9.17, 15) is 4.79 Å². The average Bonchev–Trinajstić information content (AvgIpc) is 2.96. The lowest BCUT2D eigenvalue weighted by Gasteiger charge is -2.04. The van der Waals surface area contributed by atoms with E-state index < -0.39 is 0 Å². The number of hydrogen-bond donors (Lipinski definition) is 2. The first kappa shape index (κ1) is 15.7. The Labute approximate surface area is 147 Å². The summed E-state index contributed by atoms with van der Waals surface area (Å²) in [4.78, 5) is 16.5. The number of hydrogen-bond acceptors (Lipinski definition) is 3. The molecule has 0 fully saturated rings. The third-order valence-electron chi connectivity index (χ3n) is 3.57. The molecule has 0 aliphatic carbocycles. The van der Waals surface area contributed by atoms with E-state index in [1.165, 1.54) is 0 Å². The molecule has 0 aromatic carbocycles. The molecule has 0 bridgehead atoms. The van der Waals surface area contributed by atoms with Gasteiger partial charge in [-0.1, -0.05) is 0 Å². The number of nitrogens with zero attached hydrogens (tertiary/aromatic N) is 3. The fourth-order valence-electron chi connectivity index (χ4n) is 2.26. The minimum atomic E-state index is -0.0852. The highest BCUT2D eigenvalue weighted by Crippen LogP contribution is 2.11. The number of anilines is 1. The Morgan fingerprint density at radius 3 is 2.87 bits per heavy atom. The molecule has 3 rings (SSSR count). The molecular weight excluding hydrogens is 405 g/mol. The van der Waals surface area contributed by atoms with Gasteiger partial charge in [0, 0.05) is 36.6 Å². The van der Waals surface area contributed by atoms with Crippen LogP contribution in [0.4, 0.5) is 5.69 Å². The number of imidazole rings is 1. The van der Waals surface area contributed by atoms with Crippen molar-refractivity contribution in [3.05, 3.63) is 58.3 Å². The number of amides is 1. The van der Waals surface area contributed by atoms with E-state index in [4.69, 9.17) is 0 Å². The summed E-state index contributed by atoms with van der Waals surface area (Å²) < 4.78 is 4.99. The lowest BCUT2D eigenvalue weighted by atomic mass is 10.2. The van der Waals surface area contributed by atoms with Gasteiger partial charge in [0.05, 0.1) is 12.7 Å². The van der Waals surface area contributed by atoms with E-state index in [2.05, 4.69) is 38.2 Å². The van der Waals surface area contributed by atoms with Crippen molar-refractivity contribution in [3.8, 4) is 0 Å². The lowest BCUT2D eigenvalue weighted by Crippen LogP contribution is -2.40. The van der Waals surface area contributed by atoms with Gasteiger partial charge in [0.15, 0.2) is 18.9 Å². The molecule has 2 N–H and O–H groups in total. The van der Waals surface area contributed by atoms with Gasteiger partial charge < -0.3 is 10.6 Å². The normalized spacial score (nSPS) is 10.7. The second-order valence-electron chi connectivity index (χ2n) is 5.06. The Morgan fingerprint density at radius 1 is 1.35 bits per heavy atom. The van der Waals surface area contributed by atoms with Crippen LogP contribution >= 0.6 is 22.6 Å². The molecule has 118 valence electrons. The number of carbonyl (C=O) groups excluding carboxylic acids is 1. The van der Waals surface area contributed by atoms with Crippen molar-refractivity contribution in [1.29, 1.82) is 0 Å². The van der Waals surface area contributed by atoms with Crippen LogP contribution in [0.25, 0.3) is 5.65 Å². The second-order valence-corrected chi connectivity index (χ2v) is 6.16. The maximum absolute atomic E-state index is 12.2. The van der Waals surface area contributed by atoms with Crippen molar-refractivity contribution in [2.24, 2.45) is 0 Å². The summed E-state index contributed by atoms with van der Waals surface area (Å²) >= 11 is 2.21. The molecule has 0 saturated carbocycles. The minimum Gasteiger partial charge on any atom is -0.388 e. The average molecular weight is 422 g/mol. The molecular formula is C16H17IN5O+. The molecule has 23 heavy (non-hydrogen) atoms. The quantitative estimate of drug-likeness (QED) is 0.486. The topological polar surface area (TPSA) is 62.3 Å². The van der Waals surface area contributed by atoms with Crippen LogP contribution in [0.1, 0.15) is 10.4 Å². The highest BCUT2D eigenvalue weighted by molar-refractivity contribution is 14.1. The molecule has 0 saturated heterocycles. The van der Waals surface area contributed by atoms with Crippen LogP contribution in [-0.2, 0) is 6.54 Å². The minimum absolute atomic E-state index is 0.0852. The van der Waals surface area contributed by atoms with Gasteiger partial charge in [0.1, 0.15) is 9.35 Å². The lowest BCUT2D eigenvalue weighted by molar-refractivity contribution is -0.694. The van der Waals surface area contributed by atoms with Crippen molar-refractivity contribution in [2.45, 2.75) is 6.54 Å². The molecule has 0 aliphatic rings. The van der Waals surface area contributed by atoms with Crippen molar-refractivity contribution in [3.63, 3.8) is 0 Å². The van der Waals surface area contributed by atoms with E-state index >= 15 is 0 Å². The molecule has 3 aromatic heterocycles. The summed E-state index contributed by atoms with van der Waals surface area (Å²) in [7, 11) is 1.89. The van der Waals surface area contributed by atoms with E-state index in [1.807, 2.05) is 46.7 Å². The maximum atomic E-state index is 12.2. The highest BCUT2D eigenvalue weighted by Gasteiger charge is 2.09. The summed E-state index contributed by atoms with van der Waals surface area (Å²) in [6.07, 6.45) is 7.61. The van der Waals surface area contributed by atoms with E-state index in [-0.39, 0.29) is 5.91 Å². The van der Waals surface area contributed by atoms with E-state index in [1.54, 1.807) is 18.3 Å². The number of aromatic nitrogens is 3. The zero-order valence-electron chi connectivity index (χ0n) is 12.7. The molecule has 6 nitrogen and oxygen atoms in total. The predicted molar refractivity (Wildman–Crippen MR) is 96.4 cm³/mol. The van der Waals surface area contributed by atoms with Crippen molar-refractivity contribution >= 4 is 39.8 Å². The molecule has 7 heteroatoms. The first-order chi connectivity index (χ1) is 11.2. The van der Waals surface area contributed by atoms with Gasteiger partial charge in [-0.3, -0.25) is 9.20 Å². The Hall–Kier alpha value is -2.16. The monoisotopic (exact) mass is 422 g/mol. The van der Waals surface area contributed by atoms with E-state index in [0.29, 0.717) is 12.1 Å². The number of rotatable bonds is 5. The molecule has 3 aromatic rings. The number of nitrogens with one attached hydrogen (secondary N) is 2. The highest BCUT2D eigenvalue weighted by atomic mass is 127. The van der Waals surface area contributed by atoms with Gasteiger partial charge >= 0.3 is 0 Å². The number of pyridine rings is 2. The summed E-state index contributed by atoms with van der Waals surface area (Å²) in [5.41, 5.74) is 2.46. The largest absolute Gasteiger partial charge is 0.388 e. The van der Waals surface area contributed by atoms with Gasteiger partial charge in [-0.15, -0.1) is 0 Å². The zero-order chi connectivity index (χ0) is 16.2. The predicted octanol–water partition coefficient (Wildman–Crippen LogP) is 1.70. The molecule has 0 unspecified atom stereocenters. The first-order valence-corrected chi connectivity index (χ1v) is 8.33. The standard InChI is InChI=1S/C16H16IN5O/c1-18-13-3-6-21(7-4-13)9-5-19-16(23)12-2-8-22-14(17)11-20-15(22)10-12/h2-4,6-8,10-11H,5,9H2,1H3,(H,19,23)/p+1. The summed E-state index contributed by atoms with van der Waals surface area (Å²) in [5, 5.41) is 6.01. The second kappa shape index (κ2) is 6.95. The summed E-state index contributed by atoms with van der Waals surface area (Å²) in [6, 6.07) is 7.60. The molecule has 0 aliphatic heterocycles. The fourth-order valence-corrected chi connectivity index (χ4v) is 2.81. The van der Waals surface area contributed by atoms with Crippen molar-refractivity contribution in [1.82, 2.24) is 14.7 Å². The van der Waals surface area contributed by atoms with E-state index in [0.717, 1.165) is 21.6 Å². The van der Waals surface area contributed by atoms with Crippen LogP contribution in [0.5, 0.6) is 0 Å². The Bertz CT molecular complexity index is 828. The number of carbonyl (C=O) groups is 1. The summed E-state index contributed by atoms with van der Waals surface area (Å²) in [6.45, 7) is 1.29. The third kappa shape index (κ3) is 3.61. The SMILES string of the molecule is CNc1cc[n+](CCNC(=O)c2ccn3c(I)cnc3c2)cc1. The molecule has 3 heterocycles. The van der Waals surface area contributed by atoms with Crippen LogP contribution < -0.4 is 15.2 Å². The Kier molecular flexibility index (Phi) is 4.75. The maximum Gasteiger partial charge on any atom is 0.251 e. The van der Waals surface area contributed by atoms with Crippen LogP contribution in [-0.4, -0.2) is 28.9 Å². The van der Waals surface area contributed by atoms with Gasteiger partial charge in [-0.2, -0.15) is 0 Å². The summed E-state index contributed by atoms with van der Waals surface area (Å²) in [5.74, 6) is -0.0852. The van der Waals surface area contributed by atoms with Gasteiger partial charge in [-0.05, 0) is 34.7 Å². The van der Waals surface area contributed by atoms with Crippen LogP contribution in [0.3, 0.4) is 0 Å². The zero-order valence-corrected chi connectivity index (χ0v) is 14.8. The van der Waals surface area contributed by atoms with Crippen LogP contribution in [0.2, 0.25) is 0 Å². The van der Waals surface area contributed by atoms with Gasteiger partial charge in [-0.25, -0.2) is 9.55 Å². The van der Waals surface area contributed by atoms with Crippen molar-refractivity contribution in [2.75, 3.05) is 18.9 Å². The fraction of sp³-hybridized carbons (Fsp3) is 0.188. The molecule has 0 atom stereocenters. The third-order valence-corrected chi connectivity index (χ3v) is 4.36. The Balaban J connectivity index is 1.59. The number of halogens is 1. The van der Waals surface area contributed by atoms with Crippen LogP contribution in [0.15, 0.2) is 49.1 Å². The molecule has 1 amide bonds. The number of fused-ring (bicyclic) bond motifs is 1. The Morgan fingerprint density at radius 2 is 2.13 bits per heavy atom. The molecule has 0 radical (unpaired) electrons.